The van der Waals surface area contributed by atoms with Crippen molar-refractivity contribution in [2.24, 2.45) is 0 Å². The number of hydrogen-bond acceptors (Lipinski definition) is 6. The molecule has 0 spiro atoms. The van der Waals surface area contributed by atoms with Crippen molar-refractivity contribution in [1.29, 1.82) is 0 Å². The van der Waals surface area contributed by atoms with Crippen LogP contribution < -0.4 is 0 Å². The number of aliphatic hydroxyl groups excluding tert-OH is 1. The van der Waals surface area contributed by atoms with Gasteiger partial charge in [-0.3, -0.25) is 9.69 Å². The molecule has 2 aliphatic heterocycles. The quantitative estimate of drug-likeness (QED) is 0.751. The Hall–Kier alpha value is -1.52. The van der Waals surface area contributed by atoms with Crippen LogP contribution in [0.4, 0.5) is 0 Å². The van der Waals surface area contributed by atoms with Gasteiger partial charge in [0.1, 0.15) is 0 Å². The fourth-order valence-electron chi connectivity index (χ4n) is 3.47. The summed E-state index contributed by atoms with van der Waals surface area (Å²) in [6.07, 6.45) is 0. The van der Waals surface area contributed by atoms with Crippen molar-refractivity contribution in [3.8, 4) is 0 Å². The second-order valence-corrected chi connectivity index (χ2v) is 9.11. The first-order chi connectivity index (χ1) is 12.3. The zero-order chi connectivity index (χ0) is 18.9. The molecule has 0 radical (unpaired) electrons. The summed E-state index contributed by atoms with van der Waals surface area (Å²) < 4.78 is 30.9. The SMILES string of the molecule is CN(C)S(=O)(=O)c1ccc(C(=O)N2CCN3CCOCC3(CO)C2)cc1. The zero-order valence-corrected chi connectivity index (χ0v) is 15.9. The number of rotatable bonds is 4. The third-order valence-corrected chi connectivity index (χ3v) is 6.96. The second-order valence-electron chi connectivity index (χ2n) is 6.96. The Kier molecular flexibility index (Phi) is 5.36. The number of nitrogens with zero attached hydrogens (tertiary/aromatic N) is 3. The zero-order valence-electron chi connectivity index (χ0n) is 15.1. The van der Waals surface area contributed by atoms with Crippen LogP contribution in [0, 0.1) is 0 Å². The van der Waals surface area contributed by atoms with Gasteiger partial charge in [-0.2, -0.15) is 0 Å². The molecule has 1 aromatic carbocycles. The third-order valence-electron chi connectivity index (χ3n) is 5.13. The van der Waals surface area contributed by atoms with Gasteiger partial charge in [-0.15, -0.1) is 0 Å². The van der Waals surface area contributed by atoms with Crippen LogP contribution in [0.3, 0.4) is 0 Å². The Bertz CT molecular complexity index is 765. The normalized spacial score (nSPS) is 24.5. The lowest BCUT2D eigenvalue weighted by atomic mass is 9.93. The molecule has 3 rings (SSSR count). The predicted octanol–water partition coefficient (Wildman–Crippen LogP) is -0.544. The maximum absolute atomic E-state index is 12.9. The first kappa shape index (κ1) is 19.2. The number of aliphatic hydroxyl groups is 1. The van der Waals surface area contributed by atoms with Crippen LogP contribution in [-0.4, -0.2) is 99.2 Å². The molecule has 26 heavy (non-hydrogen) atoms. The van der Waals surface area contributed by atoms with E-state index < -0.39 is 15.6 Å². The van der Waals surface area contributed by atoms with Gasteiger partial charge in [0.2, 0.25) is 10.0 Å². The van der Waals surface area contributed by atoms with Gasteiger partial charge in [0, 0.05) is 45.8 Å². The highest BCUT2D eigenvalue weighted by Crippen LogP contribution is 2.26. The minimum Gasteiger partial charge on any atom is -0.394 e. The number of amides is 1. The standard InChI is InChI=1S/C17H25N3O5S/c1-18(2)26(23,24)15-5-3-14(4-6-15)16(22)19-7-8-20-9-10-25-13-17(20,11-19)12-21/h3-6,21H,7-13H2,1-2H3. The number of piperazine rings is 1. The number of fused-ring (bicyclic) bond motifs is 1. The summed E-state index contributed by atoms with van der Waals surface area (Å²) in [5.41, 5.74) is -0.124. The fraction of sp³-hybridized carbons (Fsp3) is 0.588. The van der Waals surface area contributed by atoms with Crippen molar-refractivity contribution < 1.29 is 23.1 Å². The van der Waals surface area contributed by atoms with Crippen molar-refractivity contribution in [2.75, 3.05) is 60.1 Å². The van der Waals surface area contributed by atoms with E-state index in [9.17, 15) is 18.3 Å². The molecule has 2 saturated heterocycles. The number of carbonyl (C=O) groups is 1. The van der Waals surface area contributed by atoms with Gasteiger partial charge in [0.15, 0.2) is 0 Å². The molecule has 8 nitrogen and oxygen atoms in total. The number of ether oxygens (including phenoxy) is 1. The Balaban J connectivity index is 1.77. The molecule has 0 aliphatic carbocycles. The Labute approximate surface area is 154 Å². The Morgan fingerprint density at radius 1 is 1.23 bits per heavy atom. The largest absolute Gasteiger partial charge is 0.394 e. The summed E-state index contributed by atoms with van der Waals surface area (Å²) in [7, 11) is -0.588. The van der Waals surface area contributed by atoms with E-state index >= 15 is 0 Å². The minimum atomic E-state index is -3.52. The lowest BCUT2D eigenvalue weighted by Crippen LogP contribution is -2.69. The van der Waals surface area contributed by atoms with E-state index in [-0.39, 0.29) is 17.4 Å². The molecular formula is C17H25N3O5S. The van der Waals surface area contributed by atoms with Crippen LogP contribution in [0.15, 0.2) is 29.2 Å². The number of carbonyl (C=O) groups excluding carboxylic acids is 1. The lowest BCUT2D eigenvalue weighted by molar-refractivity contribution is -0.119. The average molecular weight is 383 g/mol. The number of hydrogen-bond donors (Lipinski definition) is 1. The average Bonchev–Trinajstić information content (AvgIpc) is 2.66. The highest BCUT2D eigenvalue weighted by atomic mass is 32.2. The molecule has 0 saturated carbocycles. The summed E-state index contributed by atoms with van der Waals surface area (Å²) >= 11 is 0. The maximum Gasteiger partial charge on any atom is 0.253 e. The van der Waals surface area contributed by atoms with Gasteiger partial charge < -0.3 is 14.7 Å². The highest BCUT2D eigenvalue weighted by Gasteiger charge is 2.44. The molecule has 2 heterocycles. The Morgan fingerprint density at radius 3 is 2.54 bits per heavy atom. The molecule has 9 heteroatoms. The molecule has 1 amide bonds. The molecule has 1 N–H and O–H groups in total. The fourth-order valence-corrected chi connectivity index (χ4v) is 4.37. The second kappa shape index (κ2) is 7.24. The molecule has 1 atom stereocenters. The summed E-state index contributed by atoms with van der Waals surface area (Å²) in [5.74, 6) is -0.170. The van der Waals surface area contributed by atoms with Gasteiger partial charge in [0.05, 0.1) is 30.3 Å². The van der Waals surface area contributed by atoms with E-state index in [4.69, 9.17) is 4.74 Å². The van der Waals surface area contributed by atoms with Crippen molar-refractivity contribution in [3.05, 3.63) is 29.8 Å². The summed E-state index contributed by atoms with van der Waals surface area (Å²) in [6.45, 7) is 3.35. The van der Waals surface area contributed by atoms with Crippen LogP contribution in [0.2, 0.25) is 0 Å². The van der Waals surface area contributed by atoms with E-state index in [1.807, 2.05) is 0 Å². The van der Waals surface area contributed by atoms with Crippen molar-refractivity contribution in [3.63, 3.8) is 0 Å². The van der Waals surface area contributed by atoms with Crippen molar-refractivity contribution in [2.45, 2.75) is 10.4 Å². The van der Waals surface area contributed by atoms with Gasteiger partial charge in [-0.1, -0.05) is 0 Å². The molecular weight excluding hydrogens is 358 g/mol. The van der Waals surface area contributed by atoms with E-state index in [1.165, 1.54) is 38.4 Å². The predicted molar refractivity (Wildman–Crippen MR) is 95.4 cm³/mol. The van der Waals surface area contributed by atoms with Crippen LogP contribution in [0.1, 0.15) is 10.4 Å². The van der Waals surface area contributed by atoms with Crippen LogP contribution >= 0.6 is 0 Å². The van der Waals surface area contributed by atoms with Crippen LogP contribution in [0.5, 0.6) is 0 Å². The van der Waals surface area contributed by atoms with Gasteiger partial charge in [0.25, 0.3) is 5.91 Å². The van der Waals surface area contributed by atoms with Gasteiger partial charge in [-0.25, -0.2) is 12.7 Å². The monoisotopic (exact) mass is 383 g/mol. The van der Waals surface area contributed by atoms with Gasteiger partial charge in [-0.05, 0) is 24.3 Å². The van der Waals surface area contributed by atoms with Crippen molar-refractivity contribution >= 4 is 15.9 Å². The molecule has 144 valence electrons. The third kappa shape index (κ3) is 3.37. The van der Waals surface area contributed by atoms with E-state index in [0.717, 1.165) is 10.8 Å². The topological polar surface area (TPSA) is 90.4 Å². The van der Waals surface area contributed by atoms with Gasteiger partial charge >= 0.3 is 0 Å². The molecule has 1 aromatic rings. The summed E-state index contributed by atoms with van der Waals surface area (Å²) in [4.78, 5) is 16.9. The van der Waals surface area contributed by atoms with E-state index in [1.54, 1.807) is 4.90 Å². The van der Waals surface area contributed by atoms with Crippen molar-refractivity contribution in [1.82, 2.24) is 14.1 Å². The number of benzene rings is 1. The van der Waals surface area contributed by atoms with E-state index in [0.29, 0.717) is 38.4 Å². The Morgan fingerprint density at radius 2 is 1.92 bits per heavy atom. The highest BCUT2D eigenvalue weighted by molar-refractivity contribution is 7.89. The molecule has 0 bridgehead atoms. The summed E-state index contributed by atoms with van der Waals surface area (Å²) in [5, 5.41) is 9.89. The van der Waals surface area contributed by atoms with Crippen LogP contribution in [0.25, 0.3) is 0 Å². The molecule has 2 fully saturated rings. The first-order valence-electron chi connectivity index (χ1n) is 8.56. The minimum absolute atomic E-state index is 0.0726. The number of sulfonamides is 1. The molecule has 0 aromatic heterocycles. The lowest BCUT2D eigenvalue weighted by Gasteiger charge is -2.52. The first-order valence-corrected chi connectivity index (χ1v) is 10.00. The van der Waals surface area contributed by atoms with E-state index in [2.05, 4.69) is 4.90 Å². The maximum atomic E-state index is 12.9. The smallest absolute Gasteiger partial charge is 0.253 e. The number of morpholine rings is 1. The summed E-state index contributed by atoms with van der Waals surface area (Å²) in [6, 6.07) is 5.97. The molecule has 1 unspecified atom stereocenters. The molecule has 2 aliphatic rings. The van der Waals surface area contributed by atoms with Crippen LogP contribution in [-0.2, 0) is 14.8 Å².